The highest BCUT2D eigenvalue weighted by Gasteiger charge is 2.12. The van der Waals surface area contributed by atoms with Crippen molar-refractivity contribution in [3.8, 4) is 5.75 Å². The number of rotatable bonds is 7. The molecule has 0 aliphatic carbocycles. The third kappa shape index (κ3) is 7.38. The van der Waals surface area contributed by atoms with Crippen LogP contribution in [0.3, 0.4) is 0 Å². The highest BCUT2D eigenvalue weighted by atomic mass is 127. The second-order valence-corrected chi connectivity index (χ2v) is 8.95. The van der Waals surface area contributed by atoms with Crippen molar-refractivity contribution >= 4 is 39.8 Å². The van der Waals surface area contributed by atoms with E-state index in [9.17, 15) is 12.8 Å². The van der Waals surface area contributed by atoms with E-state index in [0.29, 0.717) is 23.6 Å². The van der Waals surface area contributed by atoms with Crippen molar-refractivity contribution in [3.05, 3.63) is 58.2 Å². The number of nitrogens with one attached hydrogen (secondary N) is 2. The smallest absolute Gasteiger partial charge is 0.191 e. The first-order valence-corrected chi connectivity index (χ1v) is 11.1. The molecule has 0 fully saturated rings. The number of guanidine groups is 1. The van der Waals surface area contributed by atoms with Crippen LogP contribution in [0.2, 0.25) is 0 Å². The normalized spacial score (nSPS) is 11.6. The molecule has 0 atom stereocenters. The Hall–Kier alpha value is -1.95. The molecule has 0 spiro atoms. The van der Waals surface area contributed by atoms with Crippen LogP contribution in [0.5, 0.6) is 5.75 Å². The van der Waals surface area contributed by atoms with Gasteiger partial charge in [0.15, 0.2) is 15.8 Å². The second-order valence-electron chi connectivity index (χ2n) is 6.81. The number of hydrogen-bond acceptors (Lipinski definition) is 5. The third-order valence-corrected chi connectivity index (χ3v) is 5.26. The van der Waals surface area contributed by atoms with Crippen molar-refractivity contribution in [2.75, 3.05) is 20.4 Å². The fourth-order valence-electron chi connectivity index (χ4n) is 3.00. The SMILES string of the molecule is CN=C(NCc1cc(F)ccc1CS(C)(=O)=O)NCc1ncc(C)c(OC)c1C.I. The highest BCUT2D eigenvalue weighted by Crippen LogP contribution is 2.23. The van der Waals surface area contributed by atoms with Crippen LogP contribution in [0.15, 0.2) is 29.4 Å². The quantitative estimate of drug-likeness (QED) is 0.313. The monoisotopic (exact) mass is 550 g/mol. The molecule has 0 bridgehead atoms. The van der Waals surface area contributed by atoms with Gasteiger partial charge in [0.2, 0.25) is 0 Å². The first-order chi connectivity index (χ1) is 13.6. The largest absolute Gasteiger partial charge is 0.496 e. The molecular formula is C20H28FIN4O3S. The topological polar surface area (TPSA) is 92.7 Å². The number of aryl methyl sites for hydroxylation is 1. The molecule has 0 aliphatic heterocycles. The molecule has 0 radical (unpaired) electrons. The summed E-state index contributed by atoms with van der Waals surface area (Å²) in [6, 6.07) is 4.09. The molecule has 7 nitrogen and oxygen atoms in total. The number of aliphatic imine (C=N–C) groups is 1. The van der Waals surface area contributed by atoms with E-state index < -0.39 is 15.7 Å². The molecule has 1 heterocycles. The molecule has 166 valence electrons. The van der Waals surface area contributed by atoms with Gasteiger partial charge in [-0.2, -0.15) is 0 Å². The summed E-state index contributed by atoms with van der Waals surface area (Å²) in [6.07, 6.45) is 2.91. The second kappa shape index (κ2) is 11.4. The molecule has 1 aromatic carbocycles. The van der Waals surface area contributed by atoms with Crippen LogP contribution >= 0.6 is 24.0 Å². The van der Waals surface area contributed by atoms with Gasteiger partial charge in [-0.25, -0.2) is 12.8 Å². The van der Waals surface area contributed by atoms with Gasteiger partial charge in [0.1, 0.15) is 11.6 Å². The van der Waals surface area contributed by atoms with E-state index in [-0.39, 0.29) is 36.3 Å². The van der Waals surface area contributed by atoms with Crippen LogP contribution in [0.1, 0.15) is 27.9 Å². The van der Waals surface area contributed by atoms with Gasteiger partial charge < -0.3 is 15.4 Å². The predicted molar refractivity (Wildman–Crippen MR) is 128 cm³/mol. The minimum Gasteiger partial charge on any atom is -0.496 e. The van der Waals surface area contributed by atoms with E-state index in [1.54, 1.807) is 20.4 Å². The summed E-state index contributed by atoms with van der Waals surface area (Å²) in [6.45, 7) is 4.52. The number of sulfone groups is 1. The highest BCUT2D eigenvalue weighted by molar-refractivity contribution is 14.0. The number of ether oxygens (including phenoxy) is 1. The zero-order valence-electron chi connectivity index (χ0n) is 17.7. The first kappa shape index (κ1) is 26.1. The molecule has 1 aromatic heterocycles. The Kier molecular flexibility index (Phi) is 9.95. The molecule has 0 aliphatic rings. The van der Waals surface area contributed by atoms with E-state index in [1.807, 2.05) is 13.8 Å². The summed E-state index contributed by atoms with van der Waals surface area (Å²) in [5, 5.41) is 6.25. The van der Waals surface area contributed by atoms with Crippen molar-refractivity contribution in [3.63, 3.8) is 0 Å². The maximum Gasteiger partial charge on any atom is 0.191 e. The van der Waals surface area contributed by atoms with Gasteiger partial charge >= 0.3 is 0 Å². The van der Waals surface area contributed by atoms with Gasteiger partial charge in [-0.05, 0) is 37.1 Å². The lowest BCUT2D eigenvalue weighted by Gasteiger charge is -2.16. The van der Waals surface area contributed by atoms with Gasteiger partial charge in [-0.3, -0.25) is 9.98 Å². The standard InChI is InChI=1S/C20H27FN4O3S.HI/c1-13-9-23-18(14(2)19(13)28-4)11-25-20(22-3)24-10-16-8-17(21)7-6-15(16)12-29(5,26)27;/h6-9H,10-12H2,1-5H3,(H2,22,24,25);1H. The molecule has 2 rings (SSSR count). The van der Waals surface area contributed by atoms with Gasteiger partial charge in [0, 0.05) is 37.2 Å². The lowest BCUT2D eigenvalue weighted by molar-refractivity contribution is 0.406. The van der Waals surface area contributed by atoms with E-state index in [2.05, 4.69) is 20.6 Å². The van der Waals surface area contributed by atoms with Crippen LogP contribution in [0, 0.1) is 19.7 Å². The van der Waals surface area contributed by atoms with Crippen LogP contribution in [0.4, 0.5) is 4.39 Å². The number of pyridine rings is 1. The van der Waals surface area contributed by atoms with Gasteiger partial charge in [-0.15, -0.1) is 24.0 Å². The van der Waals surface area contributed by atoms with Crippen molar-refractivity contribution in [2.24, 2.45) is 4.99 Å². The Bertz CT molecular complexity index is 1010. The van der Waals surface area contributed by atoms with E-state index in [0.717, 1.165) is 28.8 Å². The molecule has 0 amide bonds. The molecule has 30 heavy (non-hydrogen) atoms. The summed E-state index contributed by atoms with van der Waals surface area (Å²) in [5.74, 6) is 0.710. The van der Waals surface area contributed by atoms with Crippen molar-refractivity contribution in [1.82, 2.24) is 15.6 Å². The Balaban J connectivity index is 0.00000450. The summed E-state index contributed by atoms with van der Waals surface area (Å²) in [4.78, 5) is 8.59. The van der Waals surface area contributed by atoms with Gasteiger partial charge in [0.25, 0.3) is 0 Å². The van der Waals surface area contributed by atoms with Gasteiger partial charge in [0.05, 0.1) is 25.1 Å². The van der Waals surface area contributed by atoms with E-state index in [4.69, 9.17) is 4.74 Å². The minimum absolute atomic E-state index is 0. The van der Waals surface area contributed by atoms with E-state index >= 15 is 0 Å². The van der Waals surface area contributed by atoms with Crippen LogP contribution in [-0.2, 0) is 28.7 Å². The van der Waals surface area contributed by atoms with Crippen molar-refractivity contribution < 1.29 is 17.5 Å². The minimum atomic E-state index is -3.23. The number of nitrogens with zero attached hydrogens (tertiary/aromatic N) is 2. The molecular weight excluding hydrogens is 522 g/mol. The Labute approximate surface area is 194 Å². The Morgan fingerprint density at radius 2 is 1.87 bits per heavy atom. The van der Waals surface area contributed by atoms with Crippen molar-refractivity contribution in [1.29, 1.82) is 0 Å². The zero-order chi connectivity index (χ0) is 21.6. The molecule has 2 aromatic rings. The molecule has 0 saturated heterocycles. The summed E-state index contributed by atoms with van der Waals surface area (Å²) in [7, 11) is 0.0104. The lowest BCUT2D eigenvalue weighted by Crippen LogP contribution is -2.37. The number of halogens is 2. The maximum atomic E-state index is 13.7. The van der Waals surface area contributed by atoms with Crippen LogP contribution in [-0.4, -0.2) is 39.8 Å². The zero-order valence-corrected chi connectivity index (χ0v) is 20.9. The maximum absolute atomic E-state index is 13.7. The summed E-state index contributed by atoms with van der Waals surface area (Å²) in [5.41, 5.74) is 3.83. The number of hydrogen-bond donors (Lipinski definition) is 2. The third-order valence-electron chi connectivity index (χ3n) is 4.43. The summed E-state index contributed by atoms with van der Waals surface area (Å²) >= 11 is 0. The molecule has 2 N–H and O–H groups in total. The van der Waals surface area contributed by atoms with Crippen LogP contribution < -0.4 is 15.4 Å². The number of aromatic nitrogens is 1. The number of methoxy groups -OCH3 is 1. The van der Waals surface area contributed by atoms with E-state index in [1.165, 1.54) is 18.2 Å². The molecule has 0 unspecified atom stereocenters. The average molecular weight is 550 g/mol. The fraction of sp³-hybridized carbons (Fsp3) is 0.400. The Morgan fingerprint density at radius 3 is 2.47 bits per heavy atom. The number of benzene rings is 1. The lowest BCUT2D eigenvalue weighted by atomic mass is 10.1. The molecule has 10 heteroatoms. The van der Waals surface area contributed by atoms with Gasteiger partial charge in [-0.1, -0.05) is 6.07 Å². The first-order valence-electron chi connectivity index (χ1n) is 9.03. The summed E-state index contributed by atoms with van der Waals surface area (Å²) < 4.78 is 42.3. The van der Waals surface area contributed by atoms with Crippen molar-refractivity contribution in [2.45, 2.75) is 32.7 Å². The predicted octanol–water partition coefficient (Wildman–Crippen LogP) is 2.87. The average Bonchev–Trinajstić information content (AvgIpc) is 2.64. The van der Waals surface area contributed by atoms with Crippen LogP contribution in [0.25, 0.3) is 0 Å². The fourth-order valence-corrected chi connectivity index (χ4v) is 3.85. The molecule has 0 saturated carbocycles. The Morgan fingerprint density at radius 1 is 1.20 bits per heavy atom.